The van der Waals surface area contributed by atoms with E-state index in [4.69, 9.17) is 9.26 Å². The fourth-order valence-corrected chi connectivity index (χ4v) is 3.05. The van der Waals surface area contributed by atoms with E-state index in [0.717, 1.165) is 5.56 Å². The van der Waals surface area contributed by atoms with Gasteiger partial charge in [-0.3, -0.25) is 4.79 Å². The monoisotopic (exact) mass is 350 g/mol. The summed E-state index contributed by atoms with van der Waals surface area (Å²) in [4.78, 5) is 22.8. The van der Waals surface area contributed by atoms with Crippen molar-refractivity contribution in [3.63, 3.8) is 0 Å². The van der Waals surface area contributed by atoms with E-state index in [1.807, 2.05) is 0 Å². The number of nitrogens with zero attached hydrogens (tertiary/aromatic N) is 3. The maximum Gasteiger partial charge on any atom is 0.268 e. The molecule has 4 aromatic rings. The van der Waals surface area contributed by atoms with Gasteiger partial charge in [-0.05, 0) is 30.3 Å². The summed E-state index contributed by atoms with van der Waals surface area (Å²) in [6.45, 7) is 0. The van der Waals surface area contributed by atoms with Gasteiger partial charge in [0.15, 0.2) is 6.10 Å². The van der Waals surface area contributed by atoms with E-state index in [0.29, 0.717) is 40.4 Å². The minimum Gasteiger partial charge on any atom is -0.480 e. The summed E-state index contributed by atoms with van der Waals surface area (Å²) in [6.07, 6.45) is 1.36. The van der Waals surface area contributed by atoms with Crippen LogP contribution in [0.4, 0.5) is 4.39 Å². The van der Waals surface area contributed by atoms with Crippen molar-refractivity contribution in [3.05, 3.63) is 70.4 Å². The van der Waals surface area contributed by atoms with E-state index in [1.165, 1.54) is 18.5 Å². The van der Waals surface area contributed by atoms with Crippen molar-refractivity contribution < 1.29 is 13.7 Å². The Hall–Kier alpha value is -3.55. The Morgan fingerprint density at radius 1 is 1.19 bits per heavy atom. The standard InChI is InChI=1S/C18H11FN4O3/c19-11-2-4-14-10(5-11)7-15(25-14)18-22-16(23-26-18)9-1-3-12-13(6-9)20-8-21-17(12)24/h1-6,8,15H,7H2,(H,20,21,24). The number of halogens is 1. The first-order valence-corrected chi connectivity index (χ1v) is 7.94. The van der Waals surface area contributed by atoms with Crippen LogP contribution in [0.3, 0.4) is 0 Å². The Morgan fingerprint density at radius 3 is 3.04 bits per heavy atom. The largest absolute Gasteiger partial charge is 0.480 e. The van der Waals surface area contributed by atoms with E-state index >= 15 is 0 Å². The van der Waals surface area contributed by atoms with Crippen LogP contribution in [0.5, 0.6) is 5.75 Å². The van der Waals surface area contributed by atoms with Crippen molar-refractivity contribution in [2.75, 3.05) is 0 Å². The molecule has 0 amide bonds. The van der Waals surface area contributed by atoms with Crippen molar-refractivity contribution in [2.24, 2.45) is 0 Å². The van der Waals surface area contributed by atoms with Crippen LogP contribution in [0.2, 0.25) is 0 Å². The highest BCUT2D eigenvalue weighted by atomic mass is 19.1. The SMILES string of the molecule is O=c1[nH]cnc2cc(-c3noc(C4Cc5cc(F)ccc5O4)n3)ccc12. The fraction of sp³-hybridized carbons (Fsp3) is 0.111. The van der Waals surface area contributed by atoms with Gasteiger partial charge < -0.3 is 14.2 Å². The summed E-state index contributed by atoms with van der Waals surface area (Å²) in [6, 6.07) is 9.50. The first-order valence-electron chi connectivity index (χ1n) is 7.94. The fourth-order valence-electron chi connectivity index (χ4n) is 3.05. The Labute approximate surface area is 145 Å². The Balaban J connectivity index is 1.47. The van der Waals surface area contributed by atoms with Gasteiger partial charge in [-0.15, -0.1) is 0 Å². The number of hydrogen-bond donors (Lipinski definition) is 1. The zero-order valence-corrected chi connectivity index (χ0v) is 13.3. The number of rotatable bonds is 2. The molecule has 1 aliphatic heterocycles. The second kappa shape index (κ2) is 5.48. The summed E-state index contributed by atoms with van der Waals surface area (Å²) in [7, 11) is 0. The molecular formula is C18H11FN4O3. The molecule has 0 fully saturated rings. The molecule has 128 valence electrons. The summed E-state index contributed by atoms with van der Waals surface area (Å²) in [5, 5.41) is 4.47. The zero-order chi connectivity index (χ0) is 17.7. The van der Waals surface area contributed by atoms with Crippen LogP contribution in [-0.4, -0.2) is 20.1 Å². The van der Waals surface area contributed by atoms with Crippen LogP contribution in [-0.2, 0) is 6.42 Å². The number of aromatic nitrogens is 4. The second-order valence-corrected chi connectivity index (χ2v) is 5.98. The number of nitrogens with one attached hydrogen (secondary N) is 1. The minimum absolute atomic E-state index is 0.209. The number of aromatic amines is 1. The quantitative estimate of drug-likeness (QED) is 0.597. The van der Waals surface area contributed by atoms with Crippen LogP contribution in [0, 0.1) is 5.82 Å². The molecule has 2 aromatic carbocycles. The lowest BCUT2D eigenvalue weighted by Gasteiger charge is -2.04. The van der Waals surface area contributed by atoms with E-state index in [2.05, 4.69) is 20.1 Å². The molecule has 5 rings (SSSR count). The molecule has 1 unspecified atom stereocenters. The number of ether oxygens (including phenoxy) is 1. The molecule has 8 heteroatoms. The molecular weight excluding hydrogens is 339 g/mol. The predicted molar refractivity (Wildman–Crippen MR) is 89.1 cm³/mol. The van der Waals surface area contributed by atoms with Crippen molar-refractivity contribution >= 4 is 10.9 Å². The molecule has 0 aliphatic carbocycles. The van der Waals surface area contributed by atoms with E-state index < -0.39 is 6.10 Å². The average molecular weight is 350 g/mol. The lowest BCUT2D eigenvalue weighted by atomic mass is 10.1. The van der Waals surface area contributed by atoms with Crippen molar-refractivity contribution in [1.82, 2.24) is 20.1 Å². The first-order chi connectivity index (χ1) is 12.7. The lowest BCUT2D eigenvalue weighted by molar-refractivity contribution is 0.183. The van der Waals surface area contributed by atoms with Crippen molar-refractivity contribution in [2.45, 2.75) is 12.5 Å². The molecule has 7 nitrogen and oxygen atoms in total. The van der Waals surface area contributed by atoms with Gasteiger partial charge in [0, 0.05) is 17.5 Å². The lowest BCUT2D eigenvalue weighted by Crippen LogP contribution is -2.06. The highest BCUT2D eigenvalue weighted by molar-refractivity contribution is 5.81. The third-order valence-corrected chi connectivity index (χ3v) is 4.31. The van der Waals surface area contributed by atoms with E-state index in [-0.39, 0.29) is 11.4 Å². The molecule has 1 aliphatic rings. The van der Waals surface area contributed by atoms with Gasteiger partial charge in [-0.1, -0.05) is 11.2 Å². The minimum atomic E-state index is -0.450. The van der Waals surface area contributed by atoms with Gasteiger partial charge in [-0.2, -0.15) is 4.98 Å². The average Bonchev–Trinajstić information content (AvgIpc) is 3.28. The molecule has 3 heterocycles. The van der Waals surface area contributed by atoms with Crippen molar-refractivity contribution in [1.29, 1.82) is 0 Å². The molecule has 0 saturated carbocycles. The van der Waals surface area contributed by atoms with Crippen LogP contribution in [0.15, 0.2) is 52.0 Å². The van der Waals surface area contributed by atoms with Gasteiger partial charge in [-0.25, -0.2) is 9.37 Å². The van der Waals surface area contributed by atoms with Gasteiger partial charge in [0.2, 0.25) is 5.82 Å². The molecule has 0 spiro atoms. The van der Waals surface area contributed by atoms with Gasteiger partial charge in [0.25, 0.3) is 11.4 Å². The first kappa shape index (κ1) is 14.8. The number of hydrogen-bond acceptors (Lipinski definition) is 6. The molecule has 26 heavy (non-hydrogen) atoms. The third kappa shape index (κ3) is 2.34. The summed E-state index contributed by atoms with van der Waals surface area (Å²) in [5.41, 5.74) is 1.77. The smallest absolute Gasteiger partial charge is 0.268 e. The second-order valence-electron chi connectivity index (χ2n) is 5.98. The van der Waals surface area contributed by atoms with E-state index in [9.17, 15) is 9.18 Å². The molecule has 0 bridgehead atoms. The molecule has 1 atom stereocenters. The summed E-state index contributed by atoms with van der Waals surface area (Å²) in [5.74, 6) is 0.994. The number of fused-ring (bicyclic) bond motifs is 2. The number of benzene rings is 2. The molecule has 2 aromatic heterocycles. The van der Waals surface area contributed by atoms with Crippen LogP contribution >= 0.6 is 0 Å². The molecule has 0 saturated heterocycles. The topological polar surface area (TPSA) is 93.9 Å². The van der Waals surface area contributed by atoms with Crippen LogP contribution in [0.25, 0.3) is 22.3 Å². The Kier molecular flexibility index (Phi) is 3.11. The van der Waals surface area contributed by atoms with Gasteiger partial charge in [0.05, 0.1) is 17.2 Å². The highest BCUT2D eigenvalue weighted by Crippen LogP contribution is 2.36. The van der Waals surface area contributed by atoms with E-state index in [1.54, 1.807) is 24.3 Å². The molecule has 0 radical (unpaired) electrons. The Morgan fingerprint density at radius 2 is 2.12 bits per heavy atom. The van der Waals surface area contributed by atoms with Crippen LogP contribution < -0.4 is 10.3 Å². The Bertz CT molecular complexity index is 1200. The normalized spacial score (nSPS) is 15.8. The predicted octanol–water partition coefficient (Wildman–Crippen LogP) is 2.79. The van der Waals surface area contributed by atoms with Crippen LogP contribution in [0.1, 0.15) is 17.6 Å². The highest BCUT2D eigenvalue weighted by Gasteiger charge is 2.29. The van der Waals surface area contributed by atoms with Crippen molar-refractivity contribution in [3.8, 4) is 17.1 Å². The molecule has 1 N–H and O–H groups in total. The maximum atomic E-state index is 13.3. The van der Waals surface area contributed by atoms with Gasteiger partial charge >= 0.3 is 0 Å². The third-order valence-electron chi connectivity index (χ3n) is 4.31. The summed E-state index contributed by atoms with van der Waals surface area (Å²) < 4.78 is 24.4. The summed E-state index contributed by atoms with van der Waals surface area (Å²) >= 11 is 0. The zero-order valence-electron chi connectivity index (χ0n) is 13.3. The maximum absolute atomic E-state index is 13.3. The number of H-pyrrole nitrogens is 1. The van der Waals surface area contributed by atoms with Gasteiger partial charge in [0.1, 0.15) is 11.6 Å².